The maximum Gasteiger partial charge on any atom is 0.275 e. The number of ether oxygens (including phenoxy) is 1. The summed E-state index contributed by atoms with van der Waals surface area (Å²) in [5, 5.41) is 9.21. The quantitative estimate of drug-likeness (QED) is 0.240. The summed E-state index contributed by atoms with van der Waals surface area (Å²) in [4.78, 5) is 14.3. The molecule has 0 saturated heterocycles. The van der Waals surface area contributed by atoms with Crippen molar-refractivity contribution in [2.45, 2.75) is 37.0 Å². The number of methoxy groups -OCH3 is 1. The van der Waals surface area contributed by atoms with E-state index in [9.17, 15) is 18.4 Å². The summed E-state index contributed by atoms with van der Waals surface area (Å²) < 4.78 is 31.5. The van der Waals surface area contributed by atoms with E-state index in [1.165, 1.54) is 37.4 Å². The minimum Gasteiger partial charge on any atom is -0.497 e. The molecule has 1 amide bonds. The maximum absolute atomic E-state index is 13.2. The highest BCUT2D eigenvalue weighted by atomic mass is 32.2. The van der Waals surface area contributed by atoms with E-state index in [-0.39, 0.29) is 27.5 Å². The molecule has 2 aromatic carbocycles. The third kappa shape index (κ3) is 5.40. The monoisotopic (exact) mass is 459 g/mol. The molecule has 0 saturated carbocycles. The third-order valence-electron chi connectivity index (χ3n) is 5.32. The number of sulfone groups is 1. The van der Waals surface area contributed by atoms with Crippen LogP contribution in [0.5, 0.6) is 5.75 Å². The van der Waals surface area contributed by atoms with Gasteiger partial charge in [-0.05, 0) is 61.5 Å². The van der Waals surface area contributed by atoms with E-state index < -0.39 is 15.7 Å². The number of nitrogens with two attached hydrogens (primary N) is 1. The van der Waals surface area contributed by atoms with Gasteiger partial charge in [0, 0.05) is 12.0 Å². The zero-order chi connectivity index (χ0) is 23.9. The SMILES string of the molecule is CCN(CC)CC#CCc1c(C(=O)NO)cc(S(=O)(=O)c2ccc(OC)cc2)c(N)c1C. The number of rotatable bonds is 8. The average molecular weight is 460 g/mol. The van der Waals surface area contributed by atoms with Crippen LogP contribution in [0, 0.1) is 18.8 Å². The highest BCUT2D eigenvalue weighted by molar-refractivity contribution is 7.91. The first-order valence-electron chi connectivity index (χ1n) is 10.1. The minimum absolute atomic E-state index is 0.00317. The molecule has 0 radical (unpaired) electrons. The van der Waals surface area contributed by atoms with Gasteiger partial charge < -0.3 is 10.5 Å². The van der Waals surface area contributed by atoms with Gasteiger partial charge >= 0.3 is 0 Å². The van der Waals surface area contributed by atoms with Crippen LogP contribution in [0.3, 0.4) is 0 Å². The second kappa shape index (κ2) is 11.0. The Kier molecular flexibility index (Phi) is 8.66. The van der Waals surface area contributed by atoms with E-state index >= 15 is 0 Å². The van der Waals surface area contributed by atoms with Gasteiger partial charge in [-0.2, -0.15) is 0 Å². The molecule has 4 N–H and O–H groups in total. The molecule has 0 fully saturated rings. The van der Waals surface area contributed by atoms with Crippen LogP contribution in [0.25, 0.3) is 0 Å². The van der Waals surface area contributed by atoms with Crippen molar-refractivity contribution in [3.8, 4) is 17.6 Å². The Morgan fingerprint density at radius 1 is 1.19 bits per heavy atom. The van der Waals surface area contributed by atoms with Crippen LogP contribution in [0.1, 0.15) is 35.3 Å². The van der Waals surface area contributed by atoms with Crippen molar-refractivity contribution in [3.05, 3.63) is 47.0 Å². The summed E-state index contributed by atoms with van der Waals surface area (Å²) >= 11 is 0. The second-order valence-electron chi connectivity index (χ2n) is 7.05. The molecular formula is C23H29N3O5S. The highest BCUT2D eigenvalue weighted by Crippen LogP contribution is 2.33. The molecule has 2 aromatic rings. The number of nitrogens with zero attached hydrogens (tertiary/aromatic N) is 1. The first-order valence-corrected chi connectivity index (χ1v) is 11.6. The normalized spacial score (nSPS) is 11.1. The van der Waals surface area contributed by atoms with E-state index in [1.807, 2.05) is 13.8 Å². The van der Waals surface area contributed by atoms with Crippen molar-refractivity contribution in [2.24, 2.45) is 0 Å². The highest BCUT2D eigenvalue weighted by Gasteiger charge is 2.26. The number of amides is 1. The molecule has 0 aliphatic carbocycles. The van der Waals surface area contributed by atoms with E-state index in [0.717, 1.165) is 13.1 Å². The van der Waals surface area contributed by atoms with Crippen LogP contribution in [0.15, 0.2) is 40.1 Å². The molecule has 0 aromatic heterocycles. The topological polar surface area (TPSA) is 122 Å². The van der Waals surface area contributed by atoms with Crippen molar-refractivity contribution >= 4 is 21.4 Å². The summed E-state index contributed by atoms with van der Waals surface area (Å²) in [6, 6.07) is 7.05. The van der Waals surface area contributed by atoms with Crippen molar-refractivity contribution in [1.82, 2.24) is 10.4 Å². The number of nitrogen functional groups attached to an aromatic ring is 1. The van der Waals surface area contributed by atoms with Gasteiger partial charge in [-0.1, -0.05) is 25.7 Å². The van der Waals surface area contributed by atoms with E-state index in [0.29, 0.717) is 23.4 Å². The molecule has 0 heterocycles. The Hall–Kier alpha value is -3.06. The Morgan fingerprint density at radius 2 is 1.81 bits per heavy atom. The fourth-order valence-corrected chi connectivity index (χ4v) is 4.67. The predicted octanol–water partition coefficient (Wildman–Crippen LogP) is 2.43. The fourth-order valence-electron chi connectivity index (χ4n) is 3.21. The molecule has 0 spiro atoms. The standard InChI is InChI=1S/C23H29N3O5S/c1-5-26(6-2)14-8-7-9-19-16(3)22(24)21(15-20(19)23(27)25-28)32(29,30)18-12-10-17(31-4)11-13-18/h10-13,15,28H,5-6,9,14,24H2,1-4H3,(H,25,27). The van der Waals surface area contributed by atoms with Gasteiger partial charge in [0.2, 0.25) is 9.84 Å². The molecule has 0 aliphatic heterocycles. The Morgan fingerprint density at radius 3 is 2.34 bits per heavy atom. The van der Waals surface area contributed by atoms with E-state index in [4.69, 9.17) is 10.5 Å². The van der Waals surface area contributed by atoms with Crippen LogP contribution in [-0.4, -0.2) is 51.2 Å². The number of hydrogen-bond acceptors (Lipinski definition) is 7. The van der Waals surface area contributed by atoms with Gasteiger partial charge in [0.25, 0.3) is 5.91 Å². The van der Waals surface area contributed by atoms with Gasteiger partial charge in [0.05, 0.1) is 29.1 Å². The molecular weight excluding hydrogens is 430 g/mol. The first-order chi connectivity index (χ1) is 15.2. The third-order valence-corrected chi connectivity index (χ3v) is 7.12. The minimum atomic E-state index is -4.03. The number of nitrogens with one attached hydrogen (secondary N) is 1. The molecule has 0 unspecified atom stereocenters. The summed E-state index contributed by atoms with van der Waals surface area (Å²) in [6.07, 6.45) is 0.183. The zero-order valence-electron chi connectivity index (χ0n) is 18.7. The molecule has 0 bridgehead atoms. The lowest BCUT2D eigenvalue weighted by Gasteiger charge is -2.17. The molecule has 9 heteroatoms. The van der Waals surface area contributed by atoms with Crippen molar-refractivity contribution < 1.29 is 23.2 Å². The van der Waals surface area contributed by atoms with Crippen LogP contribution in [-0.2, 0) is 16.3 Å². The number of carbonyl (C=O) groups excluding carboxylic acids is 1. The number of carbonyl (C=O) groups is 1. The average Bonchev–Trinajstić information content (AvgIpc) is 2.81. The molecule has 32 heavy (non-hydrogen) atoms. The fraction of sp³-hybridized carbons (Fsp3) is 0.348. The lowest BCUT2D eigenvalue weighted by Crippen LogP contribution is -2.23. The van der Waals surface area contributed by atoms with Gasteiger partial charge in [-0.3, -0.25) is 14.9 Å². The van der Waals surface area contributed by atoms with E-state index in [2.05, 4.69) is 16.7 Å². The zero-order valence-corrected chi connectivity index (χ0v) is 19.5. The number of hydroxylamine groups is 1. The van der Waals surface area contributed by atoms with Crippen molar-refractivity contribution in [3.63, 3.8) is 0 Å². The van der Waals surface area contributed by atoms with Crippen LogP contribution in [0.4, 0.5) is 5.69 Å². The van der Waals surface area contributed by atoms with Crippen LogP contribution < -0.4 is 16.0 Å². The van der Waals surface area contributed by atoms with Gasteiger partial charge in [0.1, 0.15) is 5.75 Å². The van der Waals surface area contributed by atoms with Gasteiger partial charge in [-0.25, -0.2) is 13.9 Å². The van der Waals surface area contributed by atoms with Gasteiger partial charge in [-0.15, -0.1) is 0 Å². The number of benzene rings is 2. The van der Waals surface area contributed by atoms with Crippen LogP contribution >= 0.6 is 0 Å². The lowest BCUT2D eigenvalue weighted by atomic mass is 9.97. The smallest absolute Gasteiger partial charge is 0.275 e. The lowest BCUT2D eigenvalue weighted by molar-refractivity contribution is 0.0705. The Bertz CT molecular complexity index is 1130. The summed E-state index contributed by atoms with van der Waals surface area (Å²) in [5.41, 5.74) is 8.73. The maximum atomic E-state index is 13.2. The molecule has 172 valence electrons. The molecule has 8 nitrogen and oxygen atoms in total. The number of anilines is 1. The van der Waals surface area contributed by atoms with Crippen molar-refractivity contribution in [2.75, 3.05) is 32.5 Å². The number of hydrogen-bond donors (Lipinski definition) is 3. The molecule has 0 atom stereocenters. The predicted molar refractivity (Wildman–Crippen MR) is 123 cm³/mol. The van der Waals surface area contributed by atoms with Crippen LogP contribution in [0.2, 0.25) is 0 Å². The van der Waals surface area contributed by atoms with E-state index in [1.54, 1.807) is 12.4 Å². The summed E-state index contributed by atoms with van der Waals surface area (Å²) in [7, 11) is -2.55. The molecule has 2 rings (SSSR count). The largest absolute Gasteiger partial charge is 0.497 e. The summed E-state index contributed by atoms with van der Waals surface area (Å²) in [6.45, 7) is 8.04. The van der Waals surface area contributed by atoms with Crippen molar-refractivity contribution in [1.29, 1.82) is 0 Å². The molecule has 0 aliphatic rings. The first kappa shape index (κ1) is 25.2. The van der Waals surface area contributed by atoms with Gasteiger partial charge in [0.15, 0.2) is 0 Å². The Balaban J connectivity index is 2.54. The Labute approximate surface area is 189 Å². The summed E-state index contributed by atoms with van der Waals surface area (Å²) in [5.74, 6) is 5.75. The second-order valence-corrected chi connectivity index (χ2v) is 8.97.